The van der Waals surface area contributed by atoms with Crippen LogP contribution in [0.4, 0.5) is 0 Å². The lowest BCUT2D eigenvalue weighted by molar-refractivity contribution is -0.138. The number of fused-ring (bicyclic) bond motifs is 2. The Balaban J connectivity index is 1.57. The van der Waals surface area contributed by atoms with E-state index < -0.39 is 0 Å². The van der Waals surface area contributed by atoms with Gasteiger partial charge in [-0.2, -0.15) is 0 Å². The second-order valence-electron chi connectivity index (χ2n) is 7.04. The molecule has 4 rings (SSSR count). The van der Waals surface area contributed by atoms with Gasteiger partial charge in [0.25, 0.3) is 5.56 Å². The summed E-state index contributed by atoms with van der Waals surface area (Å²) < 4.78 is 1.46. The first-order valence-corrected chi connectivity index (χ1v) is 8.98. The first-order chi connectivity index (χ1) is 11.7. The molecule has 2 aliphatic rings. The molecular weight excluding hydrogens is 302 g/mol. The number of carbonyl (C=O) groups excluding carboxylic acids is 1. The van der Waals surface area contributed by atoms with Crippen molar-refractivity contribution in [3.63, 3.8) is 0 Å². The Morgan fingerprint density at radius 3 is 2.83 bits per heavy atom. The molecule has 2 fully saturated rings. The van der Waals surface area contributed by atoms with Gasteiger partial charge in [0.05, 0.1) is 17.2 Å². The van der Waals surface area contributed by atoms with Crippen LogP contribution in [0.3, 0.4) is 0 Å². The number of carbonyl (C=O) groups is 1. The van der Waals surface area contributed by atoms with E-state index in [9.17, 15) is 9.59 Å². The zero-order chi connectivity index (χ0) is 16.5. The quantitative estimate of drug-likeness (QED) is 0.853. The van der Waals surface area contributed by atoms with Crippen LogP contribution in [-0.4, -0.2) is 32.9 Å². The lowest BCUT2D eigenvalue weighted by Gasteiger charge is -2.44. The van der Waals surface area contributed by atoms with Crippen LogP contribution in [-0.2, 0) is 11.3 Å². The molecule has 2 heterocycles. The van der Waals surface area contributed by atoms with Crippen molar-refractivity contribution in [2.24, 2.45) is 5.92 Å². The Hall–Kier alpha value is -2.17. The van der Waals surface area contributed by atoms with Crippen LogP contribution in [0.25, 0.3) is 10.9 Å². The number of rotatable bonds is 2. The van der Waals surface area contributed by atoms with Gasteiger partial charge in [0.1, 0.15) is 6.54 Å². The third-order valence-electron chi connectivity index (χ3n) is 5.60. The number of piperidine rings is 1. The fraction of sp³-hybridized carbons (Fsp3) is 0.526. The highest BCUT2D eigenvalue weighted by atomic mass is 16.2. The predicted molar refractivity (Wildman–Crippen MR) is 92.7 cm³/mol. The first-order valence-electron chi connectivity index (χ1n) is 8.98. The van der Waals surface area contributed by atoms with Gasteiger partial charge in [-0.1, -0.05) is 25.0 Å². The van der Waals surface area contributed by atoms with Crippen LogP contribution < -0.4 is 5.56 Å². The maximum Gasteiger partial charge on any atom is 0.261 e. The summed E-state index contributed by atoms with van der Waals surface area (Å²) in [6.45, 7) is 0.926. The first kappa shape index (κ1) is 15.4. The van der Waals surface area contributed by atoms with Crippen LogP contribution in [0.5, 0.6) is 0 Å². The average molecular weight is 325 g/mol. The normalized spacial score (nSPS) is 23.9. The summed E-state index contributed by atoms with van der Waals surface area (Å²) in [5.41, 5.74) is 0.544. The number of amides is 1. The molecule has 0 spiro atoms. The fourth-order valence-electron chi connectivity index (χ4n) is 4.39. The van der Waals surface area contributed by atoms with Crippen molar-refractivity contribution in [3.05, 3.63) is 40.9 Å². The Morgan fingerprint density at radius 2 is 1.92 bits per heavy atom. The molecule has 0 N–H and O–H groups in total. The largest absolute Gasteiger partial charge is 0.338 e. The van der Waals surface area contributed by atoms with Crippen molar-refractivity contribution in [2.75, 3.05) is 6.54 Å². The summed E-state index contributed by atoms with van der Waals surface area (Å²) in [6.07, 6.45) is 8.68. The van der Waals surface area contributed by atoms with E-state index in [4.69, 9.17) is 0 Å². The van der Waals surface area contributed by atoms with Crippen molar-refractivity contribution in [2.45, 2.75) is 51.1 Å². The van der Waals surface area contributed by atoms with Gasteiger partial charge in [0.2, 0.25) is 5.91 Å². The minimum absolute atomic E-state index is 0.0609. The monoisotopic (exact) mass is 325 g/mol. The zero-order valence-corrected chi connectivity index (χ0v) is 13.9. The van der Waals surface area contributed by atoms with Crippen molar-refractivity contribution in [1.29, 1.82) is 0 Å². The molecule has 0 unspecified atom stereocenters. The highest BCUT2D eigenvalue weighted by Crippen LogP contribution is 2.35. The van der Waals surface area contributed by atoms with Gasteiger partial charge < -0.3 is 4.90 Å². The lowest BCUT2D eigenvalue weighted by Crippen LogP contribution is -2.51. The minimum atomic E-state index is -0.133. The van der Waals surface area contributed by atoms with Crippen molar-refractivity contribution in [1.82, 2.24) is 14.5 Å². The number of hydrogen-bond acceptors (Lipinski definition) is 3. The van der Waals surface area contributed by atoms with E-state index in [1.807, 2.05) is 23.1 Å². The van der Waals surface area contributed by atoms with Crippen LogP contribution in [0, 0.1) is 5.92 Å². The molecule has 126 valence electrons. The summed E-state index contributed by atoms with van der Waals surface area (Å²) in [5.74, 6) is 0.716. The standard InChI is InChI=1S/C19H23N3O2/c23-18(22-11-5-7-14-6-1-4-10-17(14)22)12-21-13-20-16-9-3-2-8-15(16)19(21)24/h2-3,8-9,13-14,17H,1,4-7,10-12H2/t14-,17-/m1/s1. The van der Waals surface area contributed by atoms with E-state index in [0.29, 0.717) is 22.9 Å². The SMILES string of the molecule is O=C(Cn1cnc2ccccc2c1=O)N1CCC[C@H]2CCCC[C@H]21. The molecule has 1 aromatic heterocycles. The van der Waals surface area contributed by atoms with Crippen LogP contribution in [0.15, 0.2) is 35.4 Å². The summed E-state index contributed by atoms with van der Waals surface area (Å²) in [6, 6.07) is 7.66. The molecule has 5 nitrogen and oxygen atoms in total. The van der Waals surface area contributed by atoms with Crippen molar-refractivity contribution in [3.8, 4) is 0 Å². The number of likely N-dealkylation sites (tertiary alicyclic amines) is 1. The molecule has 5 heteroatoms. The van der Waals surface area contributed by atoms with Gasteiger partial charge in [0, 0.05) is 12.6 Å². The Kier molecular flexibility index (Phi) is 4.08. The third kappa shape index (κ3) is 2.72. The van der Waals surface area contributed by atoms with Gasteiger partial charge >= 0.3 is 0 Å². The van der Waals surface area contributed by atoms with Gasteiger partial charge in [-0.05, 0) is 43.7 Å². The van der Waals surface area contributed by atoms with E-state index in [1.165, 1.54) is 36.6 Å². The van der Waals surface area contributed by atoms with E-state index in [-0.39, 0.29) is 18.0 Å². The van der Waals surface area contributed by atoms with Crippen LogP contribution in [0.2, 0.25) is 0 Å². The van der Waals surface area contributed by atoms with Crippen molar-refractivity contribution >= 4 is 16.8 Å². The van der Waals surface area contributed by atoms with Crippen LogP contribution >= 0.6 is 0 Å². The van der Waals surface area contributed by atoms with Gasteiger partial charge in [-0.15, -0.1) is 0 Å². The molecule has 1 aliphatic heterocycles. The van der Waals surface area contributed by atoms with Crippen molar-refractivity contribution < 1.29 is 4.79 Å². The smallest absolute Gasteiger partial charge is 0.261 e. The lowest BCUT2D eigenvalue weighted by atomic mass is 9.78. The molecule has 1 saturated carbocycles. The number of hydrogen-bond donors (Lipinski definition) is 0. The maximum absolute atomic E-state index is 12.8. The van der Waals surface area contributed by atoms with E-state index >= 15 is 0 Å². The topological polar surface area (TPSA) is 55.2 Å². The average Bonchev–Trinajstić information content (AvgIpc) is 2.63. The summed E-state index contributed by atoms with van der Waals surface area (Å²) in [4.78, 5) is 31.8. The highest BCUT2D eigenvalue weighted by molar-refractivity contribution is 5.79. The molecule has 2 atom stereocenters. The molecule has 2 aromatic rings. The second kappa shape index (κ2) is 6.38. The maximum atomic E-state index is 12.8. The van der Waals surface area contributed by atoms with Gasteiger partial charge in [-0.3, -0.25) is 14.2 Å². The molecule has 1 saturated heterocycles. The van der Waals surface area contributed by atoms with E-state index in [1.54, 1.807) is 6.07 Å². The van der Waals surface area contributed by atoms with Gasteiger partial charge in [-0.25, -0.2) is 4.98 Å². The number of benzene rings is 1. The fourth-order valence-corrected chi connectivity index (χ4v) is 4.39. The Morgan fingerprint density at radius 1 is 1.12 bits per heavy atom. The molecule has 0 radical (unpaired) electrons. The summed E-state index contributed by atoms with van der Waals surface area (Å²) in [7, 11) is 0. The molecule has 1 aromatic carbocycles. The second-order valence-corrected chi connectivity index (χ2v) is 7.04. The molecule has 0 bridgehead atoms. The van der Waals surface area contributed by atoms with E-state index in [0.717, 1.165) is 19.4 Å². The Bertz CT molecular complexity index is 812. The summed E-state index contributed by atoms with van der Waals surface area (Å²) in [5, 5.41) is 0.571. The molecule has 1 aliphatic carbocycles. The highest BCUT2D eigenvalue weighted by Gasteiger charge is 2.35. The molecule has 1 amide bonds. The molecule has 24 heavy (non-hydrogen) atoms. The Labute approximate surface area is 141 Å². The molecular formula is C19H23N3O2. The number of para-hydroxylation sites is 1. The van der Waals surface area contributed by atoms with E-state index in [2.05, 4.69) is 4.98 Å². The zero-order valence-electron chi connectivity index (χ0n) is 13.9. The predicted octanol–water partition coefficient (Wildman–Crippen LogP) is 2.58. The minimum Gasteiger partial charge on any atom is -0.338 e. The third-order valence-corrected chi connectivity index (χ3v) is 5.60. The van der Waals surface area contributed by atoms with Gasteiger partial charge in [0.15, 0.2) is 0 Å². The number of aromatic nitrogens is 2. The summed E-state index contributed by atoms with van der Waals surface area (Å²) >= 11 is 0. The number of nitrogens with zero attached hydrogens (tertiary/aromatic N) is 3. The van der Waals surface area contributed by atoms with Crippen LogP contribution in [0.1, 0.15) is 38.5 Å².